The minimum absolute atomic E-state index is 0.0243. The number of aromatic nitrogens is 4. The number of para-hydroxylation sites is 1. The third kappa shape index (κ3) is 5.31. The van der Waals surface area contributed by atoms with Crippen molar-refractivity contribution in [2.75, 3.05) is 39.5 Å². The second kappa shape index (κ2) is 11.1. The Balaban J connectivity index is 1.29. The number of imidazole rings is 1. The second-order valence-corrected chi connectivity index (χ2v) is 9.87. The van der Waals surface area contributed by atoms with Crippen molar-refractivity contribution in [2.24, 2.45) is 5.41 Å². The predicted molar refractivity (Wildman–Crippen MR) is 141 cm³/mol. The highest BCUT2D eigenvalue weighted by Gasteiger charge is 2.43. The van der Waals surface area contributed by atoms with Gasteiger partial charge in [-0.2, -0.15) is 4.98 Å². The van der Waals surface area contributed by atoms with E-state index in [9.17, 15) is 9.18 Å². The summed E-state index contributed by atoms with van der Waals surface area (Å²) in [5, 5.41) is 0. The Kier molecular flexibility index (Phi) is 7.25. The van der Waals surface area contributed by atoms with Crippen LogP contribution in [0.4, 0.5) is 4.39 Å². The molecular formula is C29H28FN5O5. The van der Waals surface area contributed by atoms with E-state index in [1.807, 2.05) is 37.3 Å². The molecule has 206 valence electrons. The van der Waals surface area contributed by atoms with E-state index in [2.05, 4.69) is 15.0 Å². The highest BCUT2D eigenvalue weighted by molar-refractivity contribution is 5.83. The lowest BCUT2D eigenvalue weighted by molar-refractivity contribution is -0.235. The van der Waals surface area contributed by atoms with Crippen LogP contribution < -0.4 is 4.74 Å². The maximum atomic E-state index is 13.8. The van der Waals surface area contributed by atoms with E-state index in [1.165, 1.54) is 12.1 Å². The SMILES string of the molecule is CC1(C(=O)N2CCOCC2)COC(c2ncc(-c3ccnc(Oc4ccccc4)n3)n2-c2ccc(F)cc2)OC1. The van der Waals surface area contributed by atoms with E-state index in [0.29, 0.717) is 55.0 Å². The molecule has 2 aromatic heterocycles. The van der Waals surface area contributed by atoms with Gasteiger partial charge in [0.05, 0.1) is 49.4 Å². The Morgan fingerprint density at radius 2 is 1.73 bits per heavy atom. The van der Waals surface area contributed by atoms with Crippen molar-refractivity contribution in [2.45, 2.75) is 13.2 Å². The van der Waals surface area contributed by atoms with Crippen LogP contribution in [0.1, 0.15) is 19.0 Å². The lowest BCUT2D eigenvalue weighted by Gasteiger charge is -2.40. The van der Waals surface area contributed by atoms with Gasteiger partial charge < -0.3 is 23.8 Å². The highest BCUT2D eigenvalue weighted by Crippen LogP contribution is 2.36. The number of morpholine rings is 1. The minimum Gasteiger partial charge on any atom is -0.424 e. The quantitative estimate of drug-likeness (QED) is 0.356. The number of rotatable bonds is 6. The molecule has 0 radical (unpaired) electrons. The molecule has 0 unspecified atom stereocenters. The van der Waals surface area contributed by atoms with E-state index >= 15 is 0 Å². The van der Waals surface area contributed by atoms with Gasteiger partial charge in [0.25, 0.3) is 0 Å². The van der Waals surface area contributed by atoms with Crippen molar-refractivity contribution in [1.82, 2.24) is 24.4 Å². The molecule has 2 aromatic carbocycles. The molecule has 11 heteroatoms. The normalized spacial score (nSPS) is 21.2. The van der Waals surface area contributed by atoms with Crippen LogP contribution in [0.5, 0.6) is 11.8 Å². The molecule has 4 aromatic rings. The largest absolute Gasteiger partial charge is 0.424 e. The molecule has 2 fully saturated rings. The lowest BCUT2D eigenvalue weighted by Crippen LogP contribution is -2.53. The summed E-state index contributed by atoms with van der Waals surface area (Å²) >= 11 is 0. The highest BCUT2D eigenvalue weighted by atomic mass is 19.1. The number of amides is 1. The van der Waals surface area contributed by atoms with Crippen LogP contribution in [0, 0.1) is 11.2 Å². The van der Waals surface area contributed by atoms with Crippen molar-refractivity contribution in [1.29, 1.82) is 0 Å². The number of ether oxygens (including phenoxy) is 4. The standard InChI is InChI=1S/C29H28FN5O5/c1-29(27(36)34-13-15-37-16-14-34)18-38-26(39-19-29)25-32-17-24(35(25)21-9-7-20(30)8-10-21)23-11-12-31-28(33-23)40-22-5-3-2-4-6-22/h2-12,17,26H,13-16,18-19H2,1H3. The molecule has 2 saturated heterocycles. The molecule has 2 aliphatic rings. The predicted octanol–water partition coefficient (Wildman–Crippen LogP) is 4.17. The van der Waals surface area contributed by atoms with Gasteiger partial charge in [-0.05, 0) is 49.4 Å². The number of hydrogen-bond acceptors (Lipinski definition) is 8. The summed E-state index contributed by atoms with van der Waals surface area (Å²) in [6.45, 7) is 4.28. The molecule has 0 bridgehead atoms. The third-order valence-corrected chi connectivity index (χ3v) is 6.85. The van der Waals surface area contributed by atoms with Gasteiger partial charge in [0, 0.05) is 25.0 Å². The summed E-state index contributed by atoms with van der Waals surface area (Å²) in [6, 6.07) is 17.2. The molecule has 0 aliphatic carbocycles. The molecule has 0 atom stereocenters. The summed E-state index contributed by atoms with van der Waals surface area (Å²) in [5.41, 5.74) is 0.942. The first-order valence-electron chi connectivity index (χ1n) is 13.0. The second-order valence-electron chi connectivity index (χ2n) is 9.87. The summed E-state index contributed by atoms with van der Waals surface area (Å²) in [7, 11) is 0. The molecule has 2 aliphatic heterocycles. The zero-order valence-corrected chi connectivity index (χ0v) is 21.9. The Morgan fingerprint density at radius 3 is 2.45 bits per heavy atom. The summed E-state index contributed by atoms with van der Waals surface area (Å²) < 4.78 is 39.1. The van der Waals surface area contributed by atoms with E-state index < -0.39 is 11.7 Å². The fourth-order valence-corrected chi connectivity index (χ4v) is 4.73. The molecule has 6 rings (SSSR count). The molecule has 40 heavy (non-hydrogen) atoms. The van der Waals surface area contributed by atoms with Crippen molar-refractivity contribution < 1.29 is 28.1 Å². The topological polar surface area (TPSA) is 101 Å². The van der Waals surface area contributed by atoms with Crippen molar-refractivity contribution in [3.63, 3.8) is 0 Å². The summed E-state index contributed by atoms with van der Waals surface area (Å²) in [6.07, 6.45) is 2.39. The number of halogens is 1. The average Bonchev–Trinajstić information content (AvgIpc) is 3.44. The van der Waals surface area contributed by atoms with Crippen molar-refractivity contribution >= 4 is 5.91 Å². The Hall–Kier alpha value is -4.19. The van der Waals surface area contributed by atoms with Crippen LogP contribution in [-0.2, 0) is 19.0 Å². The van der Waals surface area contributed by atoms with E-state index in [1.54, 1.807) is 40.1 Å². The Morgan fingerprint density at radius 1 is 1.00 bits per heavy atom. The van der Waals surface area contributed by atoms with Crippen molar-refractivity contribution in [3.8, 4) is 28.8 Å². The molecule has 0 saturated carbocycles. The molecule has 10 nitrogen and oxygen atoms in total. The summed E-state index contributed by atoms with van der Waals surface area (Å²) in [4.78, 5) is 28.5. The van der Waals surface area contributed by atoms with Gasteiger partial charge in [0.15, 0.2) is 5.82 Å². The summed E-state index contributed by atoms with van der Waals surface area (Å²) in [5.74, 6) is 0.650. The number of hydrogen-bond donors (Lipinski definition) is 0. The minimum atomic E-state index is -0.855. The lowest BCUT2D eigenvalue weighted by atomic mass is 9.90. The monoisotopic (exact) mass is 545 g/mol. The van der Waals surface area contributed by atoms with Gasteiger partial charge in [-0.15, -0.1) is 0 Å². The molecule has 4 heterocycles. The van der Waals surface area contributed by atoms with E-state index in [0.717, 1.165) is 0 Å². The fraction of sp³-hybridized carbons (Fsp3) is 0.310. The van der Waals surface area contributed by atoms with Crippen LogP contribution in [-0.4, -0.2) is 69.8 Å². The van der Waals surface area contributed by atoms with E-state index in [-0.39, 0.29) is 30.9 Å². The van der Waals surface area contributed by atoms with Crippen LogP contribution in [0.15, 0.2) is 73.1 Å². The van der Waals surface area contributed by atoms with Gasteiger partial charge in [-0.25, -0.2) is 14.4 Å². The number of carbonyl (C=O) groups excluding carboxylic acids is 1. The van der Waals surface area contributed by atoms with Crippen LogP contribution in [0.25, 0.3) is 17.1 Å². The maximum absolute atomic E-state index is 13.8. The first-order valence-corrected chi connectivity index (χ1v) is 13.0. The third-order valence-electron chi connectivity index (χ3n) is 6.85. The number of benzene rings is 2. The Bertz CT molecular complexity index is 1470. The van der Waals surface area contributed by atoms with E-state index in [4.69, 9.17) is 18.9 Å². The molecule has 0 spiro atoms. The maximum Gasteiger partial charge on any atom is 0.322 e. The molecule has 0 N–H and O–H groups in total. The number of nitrogens with zero attached hydrogens (tertiary/aromatic N) is 5. The van der Waals surface area contributed by atoms with Gasteiger partial charge >= 0.3 is 6.01 Å². The first-order chi connectivity index (χ1) is 19.5. The first kappa shape index (κ1) is 26.1. The number of carbonyl (C=O) groups is 1. The van der Waals surface area contributed by atoms with Crippen LogP contribution in [0.3, 0.4) is 0 Å². The zero-order valence-electron chi connectivity index (χ0n) is 21.9. The molecule has 1 amide bonds. The van der Waals surface area contributed by atoms with Crippen molar-refractivity contribution in [3.05, 3.63) is 84.7 Å². The van der Waals surface area contributed by atoms with Gasteiger partial charge in [-0.1, -0.05) is 18.2 Å². The smallest absolute Gasteiger partial charge is 0.322 e. The zero-order chi connectivity index (χ0) is 27.5. The van der Waals surface area contributed by atoms with Crippen LogP contribution in [0.2, 0.25) is 0 Å². The van der Waals surface area contributed by atoms with Gasteiger partial charge in [0.2, 0.25) is 12.2 Å². The molecular weight excluding hydrogens is 517 g/mol. The fourth-order valence-electron chi connectivity index (χ4n) is 4.73. The van der Waals surface area contributed by atoms with Gasteiger partial charge in [-0.3, -0.25) is 9.36 Å². The average molecular weight is 546 g/mol. The van der Waals surface area contributed by atoms with Crippen LogP contribution >= 0.6 is 0 Å². The Labute approximate surface area is 230 Å². The van der Waals surface area contributed by atoms with Gasteiger partial charge in [0.1, 0.15) is 11.6 Å².